The van der Waals surface area contributed by atoms with Crippen molar-refractivity contribution in [2.75, 3.05) is 0 Å². The summed E-state index contributed by atoms with van der Waals surface area (Å²) in [6, 6.07) is 9.68. The Bertz CT molecular complexity index is 548. The van der Waals surface area contributed by atoms with Crippen molar-refractivity contribution < 1.29 is 4.79 Å². The maximum atomic E-state index is 12.1. The van der Waals surface area contributed by atoms with Crippen LogP contribution in [0.3, 0.4) is 0 Å². The van der Waals surface area contributed by atoms with Crippen LogP contribution in [0.4, 0.5) is 0 Å². The summed E-state index contributed by atoms with van der Waals surface area (Å²) >= 11 is 0. The van der Waals surface area contributed by atoms with Gasteiger partial charge in [0.15, 0.2) is 5.78 Å². The number of rotatable bonds is 7. The Morgan fingerprint density at radius 1 is 1.11 bits per heavy atom. The molecule has 19 heavy (non-hydrogen) atoms. The van der Waals surface area contributed by atoms with Crippen molar-refractivity contribution in [3.05, 3.63) is 42.1 Å². The average molecular weight is 255 g/mol. The van der Waals surface area contributed by atoms with Gasteiger partial charge in [-0.05, 0) is 30.7 Å². The Morgan fingerprint density at radius 2 is 1.95 bits per heavy atom. The zero-order chi connectivity index (χ0) is 13.5. The molecule has 0 aliphatic carbocycles. The molecule has 0 aliphatic rings. The first-order valence-corrected chi connectivity index (χ1v) is 7.19. The van der Waals surface area contributed by atoms with Gasteiger partial charge in [0, 0.05) is 23.6 Å². The number of unbranched alkanes of at least 4 members (excludes halogenated alkanes) is 4. The minimum absolute atomic E-state index is 0.252. The molecule has 0 N–H and O–H groups in total. The summed E-state index contributed by atoms with van der Waals surface area (Å²) in [5, 5.41) is 1.04. The number of ketones is 1. The molecule has 2 nitrogen and oxygen atoms in total. The molecule has 1 aromatic heterocycles. The summed E-state index contributed by atoms with van der Waals surface area (Å²) in [6.07, 6.45) is 8.36. The lowest BCUT2D eigenvalue weighted by Gasteiger charge is -2.03. The number of hydrogen-bond acceptors (Lipinski definition) is 2. The standard InChI is InChI=1S/C17H21NO/c1-2-3-4-5-6-9-17(19)15-10-11-16-14(13-15)8-7-12-18-16/h7-8,10-13H,2-6,9H2,1H3. The fraction of sp³-hybridized carbons (Fsp3) is 0.412. The third-order valence-electron chi connectivity index (χ3n) is 3.43. The first-order chi connectivity index (χ1) is 9.31. The minimum atomic E-state index is 0.252. The molecule has 0 amide bonds. The molecule has 0 fully saturated rings. The Kier molecular flexibility index (Phi) is 5.08. The van der Waals surface area contributed by atoms with Crippen molar-refractivity contribution in [2.45, 2.75) is 45.4 Å². The highest BCUT2D eigenvalue weighted by Crippen LogP contribution is 2.16. The first-order valence-electron chi connectivity index (χ1n) is 7.19. The lowest BCUT2D eigenvalue weighted by Crippen LogP contribution is -1.99. The Labute approximate surface area is 114 Å². The summed E-state index contributed by atoms with van der Waals surface area (Å²) < 4.78 is 0. The van der Waals surface area contributed by atoms with Crippen molar-refractivity contribution in [1.29, 1.82) is 0 Å². The van der Waals surface area contributed by atoms with Gasteiger partial charge in [-0.2, -0.15) is 0 Å². The van der Waals surface area contributed by atoms with E-state index in [9.17, 15) is 4.79 Å². The Morgan fingerprint density at radius 3 is 2.79 bits per heavy atom. The largest absolute Gasteiger partial charge is 0.294 e. The predicted octanol–water partition coefficient (Wildman–Crippen LogP) is 4.78. The predicted molar refractivity (Wildman–Crippen MR) is 79.4 cm³/mol. The average Bonchev–Trinajstić information content (AvgIpc) is 2.46. The molecule has 0 bridgehead atoms. The van der Waals surface area contributed by atoms with Gasteiger partial charge in [-0.3, -0.25) is 9.78 Å². The van der Waals surface area contributed by atoms with Crippen molar-refractivity contribution in [1.82, 2.24) is 4.98 Å². The molecule has 1 aromatic carbocycles. The number of fused-ring (bicyclic) bond motifs is 1. The van der Waals surface area contributed by atoms with Crippen molar-refractivity contribution in [3.8, 4) is 0 Å². The van der Waals surface area contributed by atoms with Gasteiger partial charge in [-0.25, -0.2) is 0 Å². The number of carbonyl (C=O) groups is 1. The van der Waals surface area contributed by atoms with E-state index in [-0.39, 0.29) is 5.78 Å². The normalized spacial score (nSPS) is 10.8. The van der Waals surface area contributed by atoms with E-state index < -0.39 is 0 Å². The first kappa shape index (κ1) is 13.7. The number of carbonyl (C=O) groups excluding carboxylic acids is 1. The van der Waals surface area contributed by atoms with Crippen LogP contribution < -0.4 is 0 Å². The lowest BCUT2D eigenvalue weighted by molar-refractivity contribution is 0.0979. The minimum Gasteiger partial charge on any atom is -0.294 e. The summed E-state index contributed by atoms with van der Waals surface area (Å²) in [6.45, 7) is 2.20. The van der Waals surface area contributed by atoms with Gasteiger partial charge in [0.05, 0.1) is 5.52 Å². The fourth-order valence-corrected chi connectivity index (χ4v) is 2.28. The van der Waals surface area contributed by atoms with Gasteiger partial charge >= 0.3 is 0 Å². The number of hydrogen-bond donors (Lipinski definition) is 0. The molecule has 0 radical (unpaired) electrons. The third kappa shape index (κ3) is 3.88. The molecule has 0 unspecified atom stereocenters. The molecule has 0 saturated heterocycles. The molecule has 0 saturated carbocycles. The maximum Gasteiger partial charge on any atom is 0.162 e. The van der Waals surface area contributed by atoms with E-state index >= 15 is 0 Å². The molecule has 100 valence electrons. The van der Waals surface area contributed by atoms with Gasteiger partial charge in [0.2, 0.25) is 0 Å². The number of benzene rings is 1. The van der Waals surface area contributed by atoms with E-state index in [1.807, 2.05) is 30.3 Å². The molecule has 1 heterocycles. The summed E-state index contributed by atoms with van der Waals surface area (Å²) in [4.78, 5) is 16.4. The van der Waals surface area contributed by atoms with Crippen LogP contribution in [-0.2, 0) is 0 Å². The van der Waals surface area contributed by atoms with E-state index in [1.165, 1.54) is 19.3 Å². The molecule has 0 aliphatic heterocycles. The second-order valence-electron chi connectivity index (χ2n) is 5.00. The van der Waals surface area contributed by atoms with Gasteiger partial charge in [0.1, 0.15) is 0 Å². The fourth-order valence-electron chi connectivity index (χ4n) is 2.28. The van der Waals surface area contributed by atoms with Crippen molar-refractivity contribution in [3.63, 3.8) is 0 Å². The van der Waals surface area contributed by atoms with Gasteiger partial charge in [-0.15, -0.1) is 0 Å². The molecular formula is C17H21NO. The monoisotopic (exact) mass is 255 g/mol. The highest BCUT2D eigenvalue weighted by molar-refractivity contribution is 5.99. The highest BCUT2D eigenvalue weighted by atomic mass is 16.1. The number of aromatic nitrogens is 1. The van der Waals surface area contributed by atoms with Crippen molar-refractivity contribution >= 4 is 16.7 Å². The van der Waals surface area contributed by atoms with Gasteiger partial charge in [-0.1, -0.05) is 38.7 Å². The van der Waals surface area contributed by atoms with E-state index in [2.05, 4.69) is 11.9 Å². The van der Waals surface area contributed by atoms with Crippen LogP contribution in [0.15, 0.2) is 36.5 Å². The molecule has 0 spiro atoms. The van der Waals surface area contributed by atoms with Crippen LogP contribution in [0.1, 0.15) is 55.8 Å². The molecule has 2 heteroatoms. The maximum absolute atomic E-state index is 12.1. The van der Waals surface area contributed by atoms with Crippen LogP contribution in [0, 0.1) is 0 Å². The van der Waals surface area contributed by atoms with E-state index in [0.717, 1.165) is 29.3 Å². The summed E-state index contributed by atoms with van der Waals surface area (Å²) in [5.74, 6) is 0.252. The van der Waals surface area contributed by atoms with Crippen molar-refractivity contribution in [2.24, 2.45) is 0 Å². The smallest absolute Gasteiger partial charge is 0.162 e. The van der Waals surface area contributed by atoms with E-state index in [1.54, 1.807) is 6.20 Å². The molecule has 0 atom stereocenters. The summed E-state index contributed by atoms with van der Waals surface area (Å²) in [7, 11) is 0. The zero-order valence-electron chi connectivity index (χ0n) is 11.6. The van der Waals surface area contributed by atoms with E-state index in [0.29, 0.717) is 6.42 Å². The number of pyridine rings is 1. The van der Waals surface area contributed by atoms with Crippen LogP contribution in [0.2, 0.25) is 0 Å². The second kappa shape index (κ2) is 7.03. The van der Waals surface area contributed by atoms with Crippen LogP contribution in [-0.4, -0.2) is 10.8 Å². The summed E-state index contributed by atoms with van der Waals surface area (Å²) in [5.41, 5.74) is 1.76. The van der Waals surface area contributed by atoms with Crippen LogP contribution in [0.25, 0.3) is 10.9 Å². The quantitative estimate of drug-likeness (QED) is 0.526. The van der Waals surface area contributed by atoms with Crippen LogP contribution in [0.5, 0.6) is 0 Å². The topological polar surface area (TPSA) is 30.0 Å². The van der Waals surface area contributed by atoms with Gasteiger partial charge < -0.3 is 0 Å². The number of Topliss-reactive ketones (excluding diaryl/α,β-unsaturated/α-hetero) is 1. The molecule has 2 aromatic rings. The van der Waals surface area contributed by atoms with E-state index in [4.69, 9.17) is 0 Å². The molecule has 2 rings (SSSR count). The Hall–Kier alpha value is -1.70. The molecular weight excluding hydrogens is 234 g/mol. The van der Waals surface area contributed by atoms with Crippen LogP contribution >= 0.6 is 0 Å². The zero-order valence-corrected chi connectivity index (χ0v) is 11.6. The second-order valence-corrected chi connectivity index (χ2v) is 5.00. The Balaban J connectivity index is 1.93. The lowest BCUT2D eigenvalue weighted by atomic mass is 10.0. The highest BCUT2D eigenvalue weighted by Gasteiger charge is 2.06. The van der Waals surface area contributed by atoms with Gasteiger partial charge in [0.25, 0.3) is 0 Å². The number of nitrogens with zero attached hydrogens (tertiary/aromatic N) is 1. The third-order valence-corrected chi connectivity index (χ3v) is 3.43. The SMILES string of the molecule is CCCCCCCC(=O)c1ccc2ncccc2c1.